The molecule has 0 saturated heterocycles. The number of halogens is 4. The van der Waals surface area contributed by atoms with Crippen molar-refractivity contribution in [3.63, 3.8) is 0 Å². The molecule has 6 nitrogen and oxygen atoms in total. The predicted molar refractivity (Wildman–Crippen MR) is 70.7 cm³/mol. The van der Waals surface area contributed by atoms with Gasteiger partial charge in [0.15, 0.2) is 5.78 Å². The van der Waals surface area contributed by atoms with E-state index in [1.54, 1.807) is 5.32 Å². The van der Waals surface area contributed by atoms with Crippen molar-refractivity contribution in [2.45, 2.75) is 19.0 Å². The van der Waals surface area contributed by atoms with Gasteiger partial charge in [-0.15, -0.1) is 0 Å². The van der Waals surface area contributed by atoms with Gasteiger partial charge in [-0.05, 0) is 6.07 Å². The van der Waals surface area contributed by atoms with Crippen molar-refractivity contribution in [1.29, 1.82) is 0 Å². The third kappa shape index (κ3) is 5.68. The monoisotopic (exact) mass is 338 g/mol. The first-order chi connectivity index (χ1) is 10.1. The van der Waals surface area contributed by atoms with E-state index < -0.39 is 42.2 Å². The molecule has 1 amide bonds. The molecule has 1 aromatic rings. The van der Waals surface area contributed by atoms with Gasteiger partial charge in [0, 0.05) is 30.5 Å². The van der Waals surface area contributed by atoms with Crippen LogP contribution in [-0.4, -0.2) is 29.3 Å². The van der Waals surface area contributed by atoms with Crippen molar-refractivity contribution >= 4 is 29.0 Å². The summed E-state index contributed by atoms with van der Waals surface area (Å²) in [5, 5.41) is 12.2. The summed E-state index contributed by atoms with van der Waals surface area (Å²) in [7, 11) is 0. The van der Waals surface area contributed by atoms with E-state index in [-0.39, 0.29) is 16.3 Å². The number of Topliss-reactive ketones (excluding diaryl/α,β-unsaturated/α-hetero) is 1. The third-order valence-corrected chi connectivity index (χ3v) is 2.86. The van der Waals surface area contributed by atoms with Gasteiger partial charge >= 0.3 is 6.18 Å². The molecule has 22 heavy (non-hydrogen) atoms. The summed E-state index contributed by atoms with van der Waals surface area (Å²) in [6.07, 6.45) is -5.43. The fourth-order valence-corrected chi connectivity index (χ4v) is 1.71. The number of amides is 1. The van der Waals surface area contributed by atoms with Gasteiger partial charge in [0.05, 0.1) is 9.95 Å². The van der Waals surface area contributed by atoms with Crippen LogP contribution in [0.4, 0.5) is 18.9 Å². The zero-order valence-corrected chi connectivity index (χ0v) is 11.7. The average molecular weight is 339 g/mol. The molecule has 10 heteroatoms. The van der Waals surface area contributed by atoms with Crippen molar-refractivity contribution in [2.24, 2.45) is 0 Å². The smallest absolute Gasteiger partial charge is 0.347 e. The summed E-state index contributed by atoms with van der Waals surface area (Å²) in [4.78, 5) is 32.9. The number of nitrogens with one attached hydrogen (secondary N) is 1. The Kier molecular flexibility index (Phi) is 5.86. The van der Waals surface area contributed by atoms with Crippen LogP contribution in [0.3, 0.4) is 0 Å². The molecule has 1 N–H and O–H groups in total. The predicted octanol–water partition coefficient (Wildman–Crippen LogP) is 2.89. The summed E-state index contributed by atoms with van der Waals surface area (Å²) in [5.41, 5.74) is -0.506. The lowest BCUT2D eigenvalue weighted by atomic mass is 10.1. The molecule has 0 aliphatic heterocycles. The van der Waals surface area contributed by atoms with Crippen LogP contribution in [0.5, 0.6) is 0 Å². The Balaban J connectivity index is 2.64. The number of carbonyl (C=O) groups excluding carboxylic acids is 2. The largest absolute Gasteiger partial charge is 0.405 e. The topological polar surface area (TPSA) is 89.3 Å². The van der Waals surface area contributed by atoms with E-state index in [1.165, 1.54) is 0 Å². The lowest BCUT2D eigenvalue weighted by Gasteiger charge is -2.08. The number of carbonyl (C=O) groups is 2. The molecule has 0 aromatic heterocycles. The molecule has 0 aliphatic carbocycles. The molecule has 1 rings (SSSR count). The second-order valence-electron chi connectivity index (χ2n) is 4.24. The molecule has 0 bridgehead atoms. The Morgan fingerprint density at radius 3 is 2.45 bits per heavy atom. The van der Waals surface area contributed by atoms with Crippen LogP contribution in [0.15, 0.2) is 18.2 Å². The maximum atomic E-state index is 11.9. The number of nitrogens with zero attached hydrogens (tertiary/aromatic N) is 1. The molecular formula is C12H10ClF3N2O4. The molecule has 0 fully saturated rings. The summed E-state index contributed by atoms with van der Waals surface area (Å²) in [5.74, 6) is -1.62. The maximum absolute atomic E-state index is 11.9. The first-order valence-electron chi connectivity index (χ1n) is 5.91. The highest BCUT2D eigenvalue weighted by atomic mass is 35.5. The third-order valence-electron chi connectivity index (χ3n) is 2.53. The highest BCUT2D eigenvalue weighted by Gasteiger charge is 2.27. The molecule has 0 saturated carbocycles. The van der Waals surface area contributed by atoms with Gasteiger partial charge in [0.2, 0.25) is 5.91 Å². The van der Waals surface area contributed by atoms with E-state index in [0.717, 1.165) is 18.2 Å². The van der Waals surface area contributed by atoms with Crippen LogP contribution in [-0.2, 0) is 4.79 Å². The fourth-order valence-electron chi connectivity index (χ4n) is 1.49. The molecule has 120 valence electrons. The normalized spacial score (nSPS) is 11.1. The lowest BCUT2D eigenvalue weighted by molar-refractivity contribution is -0.384. The second-order valence-corrected chi connectivity index (χ2v) is 4.64. The quantitative estimate of drug-likeness (QED) is 0.490. The maximum Gasteiger partial charge on any atom is 0.405 e. The zero-order valence-electron chi connectivity index (χ0n) is 10.9. The van der Waals surface area contributed by atoms with Gasteiger partial charge < -0.3 is 5.32 Å². The highest BCUT2D eigenvalue weighted by Crippen LogP contribution is 2.23. The first kappa shape index (κ1) is 17.9. The molecule has 0 heterocycles. The van der Waals surface area contributed by atoms with Crippen molar-refractivity contribution < 1.29 is 27.7 Å². The summed E-state index contributed by atoms with van der Waals surface area (Å²) in [6.45, 7) is -1.49. The minimum atomic E-state index is -4.54. The standard InChI is InChI=1S/C12H10ClF3N2O4/c13-9-2-1-7(18(21)22)5-8(9)10(19)3-4-11(20)17-6-12(14,15)16/h1-2,5H,3-4,6H2,(H,17,20). The van der Waals surface area contributed by atoms with Crippen LogP contribution in [0.25, 0.3) is 0 Å². The van der Waals surface area contributed by atoms with E-state index in [1.807, 2.05) is 0 Å². The minimum absolute atomic E-state index is 0.0358. The number of non-ortho nitro benzene ring substituents is 1. The number of ketones is 1. The highest BCUT2D eigenvalue weighted by molar-refractivity contribution is 6.34. The summed E-state index contributed by atoms with van der Waals surface area (Å²) >= 11 is 5.74. The van der Waals surface area contributed by atoms with Gasteiger partial charge in [-0.1, -0.05) is 11.6 Å². The molecule has 0 unspecified atom stereocenters. The second kappa shape index (κ2) is 7.21. The Morgan fingerprint density at radius 1 is 1.27 bits per heavy atom. The van der Waals surface area contributed by atoms with Crippen molar-refractivity contribution in [3.05, 3.63) is 38.9 Å². The fraction of sp³-hybridized carbons (Fsp3) is 0.333. The molecule has 1 aromatic carbocycles. The Bertz CT molecular complexity index is 605. The number of benzene rings is 1. The van der Waals surface area contributed by atoms with E-state index in [0.29, 0.717) is 0 Å². The van der Waals surface area contributed by atoms with Crippen molar-refractivity contribution in [3.8, 4) is 0 Å². The Labute approximate surface area is 127 Å². The van der Waals surface area contributed by atoms with E-state index in [9.17, 15) is 32.9 Å². The molecule has 0 radical (unpaired) electrons. The number of nitro benzene ring substituents is 1. The lowest BCUT2D eigenvalue weighted by Crippen LogP contribution is -2.33. The van der Waals surface area contributed by atoms with Gasteiger partial charge in [-0.2, -0.15) is 13.2 Å². The number of rotatable bonds is 6. The van der Waals surface area contributed by atoms with E-state index >= 15 is 0 Å². The van der Waals surface area contributed by atoms with Gasteiger partial charge in [-0.3, -0.25) is 19.7 Å². The van der Waals surface area contributed by atoms with Gasteiger partial charge in [0.25, 0.3) is 5.69 Å². The van der Waals surface area contributed by atoms with Crippen LogP contribution in [0, 0.1) is 10.1 Å². The summed E-state index contributed by atoms with van der Waals surface area (Å²) < 4.78 is 35.7. The van der Waals surface area contributed by atoms with Crippen LogP contribution >= 0.6 is 11.6 Å². The first-order valence-corrected chi connectivity index (χ1v) is 6.28. The SMILES string of the molecule is O=C(CCC(=O)c1cc([N+](=O)[O-])ccc1Cl)NCC(F)(F)F. The number of alkyl halides is 3. The van der Waals surface area contributed by atoms with E-state index in [4.69, 9.17) is 11.6 Å². The molecule has 0 atom stereocenters. The van der Waals surface area contributed by atoms with Crippen molar-refractivity contribution in [2.75, 3.05) is 6.54 Å². The Morgan fingerprint density at radius 2 is 1.91 bits per heavy atom. The molecule has 0 aliphatic rings. The van der Waals surface area contributed by atoms with Crippen LogP contribution in [0.1, 0.15) is 23.2 Å². The van der Waals surface area contributed by atoms with Gasteiger partial charge in [-0.25, -0.2) is 0 Å². The van der Waals surface area contributed by atoms with Crippen molar-refractivity contribution in [1.82, 2.24) is 5.32 Å². The summed E-state index contributed by atoms with van der Waals surface area (Å²) in [6, 6.07) is 3.23. The average Bonchev–Trinajstić information content (AvgIpc) is 2.42. The molecule has 0 spiro atoms. The van der Waals surface area contributed by atoms with E-state index in [2.05, 4.69) is 0 Å². The number of hydrogen-bond acceptors (Lipinski definition) is 4. The zero-order chi connectivity index (χ0) is 16.9. The minimum Gasteiger partial charge on any atom is -0.347 e. The molecular weight excluding hydrogens is 329 g/mol. The number of nitro groups is 1. The van der Waals surface area contributed by atoms with Gasteiger partial charge in [0.1, 0.15) is 6.54 Å². The number of hydrogen-bond donors (Lipinski definition) is 1. The van der Waals surface area contributed by atoms with Crippen LogP contribution < -0.4 is 5.32 Å². The van der Waals surface area contributed by atoms with Crippen LogP contribution in [0.2, 0.25) is 5.02 Å². The Hall–Kier alpha value is -2.16.